The zero-order valence-corrected chi connectivity index (χ0v) is 11.7. The maximum atomic E-state index is 8.56. The molecule has 1 aliphatic heterocycles. The normalized spacial score (nSPS) is 22.3. The lowest BCUT2D eigenvalue weighted by molar-refractivity contribution is 0.124. The van der Waals surface area contributed by atoms with E-state index in [1.54, 1.807) is 0 Å². The Hall–Kier alpha value is -1.19. The third-order valence-corrected chi connectivity index (χ3v) is 3.35. The quantitative estimate of drug-likeness (QED) is 0.719. The summed E-state index contributed by atoms with van der Waals surface area (Å²) in [6, 6.07) is 0. The first-order valence-corrected chi connectivity index (χ1v) is 6.73. The Balaban J connectivity index is 0.000000631. The molecule has 106 valence electrons. The highest BCUT2D eigenvalue weighted by atomic mass is 16.6. The molecule has 4 heteroatoms. The molecular formula is C14H26O4. The number of carboxylic acid groups (broad SMARTS) is 2. The van der Waals surface area contributed by atoms with Gasteiger partial charge in [0, 0.05) is 0 Å². The Morgan fingerprint density at radius 1 is 1.39 bits per heavy atom. The second-order valence-electron chi connectivity index (χ2n) is 4.75. The topological polar surface area (TPSA) is 66.8 Å². The van der Waals surface area contributed by atoms with E-state index >= 15 is 0 Å². The first-order chi connectivity index (χ1) is 8.52. The third-order valence-electron chi connectivity index (χ3n) is 3.35. The van der Waals surface area contributed by atoms with E-state index in [1.165, 1.54) is 37.7 Å². The summed E-state index contributed by atoms with van der Waals surface area (Å²) in [4.78, 5) is 8.56. The van der Waals surface area contributed by atoms with Crippen LogP contribution in [0.2, 0.25) is 0 Å². The molecule has 0 aromatic heterocycles. The van der Waals surface area contributed by atoms with Crippen LogP contribution >= 0.6 is 0 Å². The molecule has 0 aromatic carbocycles. The lowest BCUT2D eigenvalue weighted by Crippen LogP contribution is -2.24. The molecule has 4 nitrogen and oxygen atoms in total. The summed E-state index contributed by atoms with van der Waals surface area (Å²) in [5.74, 6) is 1.55. The molecule has 0 aliphatic carbocycles. The summed E-state index contributed by atoms with van der Waals surface area (Å²) in [5, 5.41) is 13.9. The maximum absolute atomic E-state index is 8.56. The highest BCUT2D eigenvalue weighted by Gasteiger charge is 2.24. The third kappa shape index (κ3) is 7.20. The zero-order chi connectivity index (χ0) is 14.0. The molecule has 0 amide bonds. The number of hydrogen-bond acceptors (Lipinski definition) is 2. The SMILES string of the molecule is CCCCCC1COC=C(C)C1CC.O=C(O)O. The van der Waals surface area contributed by atoms with Crippen molar-refractivity contribution in [1.82, 2.24) is 0 Å². The van der Waals surface area contributed by atoms with Crippen molar-refractivity contribution in [2.75, 3.05) is 6.61 Å². The van der Waals surface area contributed by atoms with Gasteiger partial charge in [-0.25, -0.2) is 4.79 Å². The van der Waals surface area contributed by atoms with Crippen molar-refractivity contribution in [3.63, 3.8) is 0 Å². The van der Waals surface area contributed by atoms with E-state index in [-0.39, 0.29) is 0 Å². The summed E-state index contributed by atoms with van der Waals surface area (Å²) in [6.45, 7) is 7.71. The smallest absolute Gasteiger partial charge is 0.501 e. The first kappa shape index (κ1) is 16.8. The number of ether oxygens (including phenoxy) is 1. The summed E-state index contributed by atoms with van der Waals surface area (Å²) in [7, 11) is 0. The number of rotatable bonds is 5. The Kier molecular flexibility index (Phi) is 9.15. The van der Waals surface area contributed by atoms with Gasteiger partial charge in [-0.05, 0) is 37.2 Å². The summed E-state index contributed by atoms with van der Waals surface area (Å²) in [6.07, 6.45) is 6.80. The number of unbranched alkanes of at least 4 members (excludes halogenated alkanes) is 2. The van der Waals surface area contributed by atoms with E-state index in [0.717, 1.165) is 18.4 Å². The molecule has 0 saturated heterocycles. The molecule has 0 fully saturated rings. The average molecular weight is 258 g/mol. The van der Waals surface area contributed by atoms with Gasteiger partial charge in [0.05, 0.1) is 12.9 Å². The van der Waals surface area contributed by atoms with Crippen LogP contribution in [0.4, 0.5) is 4.79 Å². The number of hydrogen-bond donors (Lipinski definition) is 2. The van der Waals surface area contributed by atoms with Crippen molar-refractivity contribution in [1.29, 1.82) is 0 Å². The molecule has 1 aliphatic rings. The van der Waals surface area contributed by atoms with Gasteiger partial charge in [0.15, 0.2) is 0 Å². The second kappa shape index (κ2) is 9.80. The number of carbonyl (C=O) groups is 1. The summed E-state index contributed by atoms with van der Waals surface area (Å²) >= 11 is 0. The predicted molar refractivity (Wildman–Crippen MR) is 71.8 cm³/mol. The van der Waals surface area contributed by atoms with Gasteiger partial charge in [-0.2, -0.15) is 0 Å². The molecule has 0 radical (unpaired) electrons. The van der Waals surface area contributed by atoms with E-state index < -0.39 is 6.16 Å². The van der Waals surface area contributed by atoms with E-state index in [4.69, 9.17) is 19.7 Å². The van der Waals surface area contributed by atoms with Gasteiger partial charge in [-0.15, -0.1) is 0 Å². The molecule has 0 aromatic rings. The van der Waals surface area contributed by atoms with Crippen LogP contribution in [0.25, 0.3) is 0 Å². The Bertz CT molecular complexity index is 257. The fraction of sp³-hybridized carbons (Fsp3) is 0.786. The van der Waals surface area contributed by atoms with Crippen LogP contribution < -0.4 is 0 Å². The monoisotopic (exact) mass is 258 g/mol. The molecular weight excluding hydrogens is 232 g/mol. The average Bonchev–Trinajstić information content (AvgIpc) is 2.29. The maximum Gasteiger partial charge on any atom is 0.503 e. The molecule has 18 heavy (non-hydrogen) atoms. The van der Waals surface area contributed by atoms with Crippen LogP contribution in [0, 0.1) is 11.8 Å². The molecule has 2 unspecified atom stereocenters. The van der Waals surface area contributed by atoms with Crippen LogP contribution in [0.5, 0.6) is 0 Å². The van der Waals surface area contributed by atoms with E-state index in [2.05, 4.69) is 20.8 Å². The van der Waals surface area contributed by atoms with E-state index in [1.807, 2.05) is 6.26 Å². The van der Waals surface area contributed by atoms with Gasteiger partial charge in [0.2, 0.25) is 0 Å². The van der Waals surface area contributed by atoms with Crippen LogP contribution in [-0.4, -0.2) is 23.0 Å². The van der Waals surface area contributed by atoms with Crippen LogP contribution in [0.15, 0.2) is 11.8 Å². The van der Waals surface area contributed by atoms with Crippen molar-refractivity contribution in [2.24, 2.45) is 11.8 Å². The van der Waals surface area contributed by atoms with Crippen molar-refractivity contribution >= 4 is 6.16 Å². The van der Waals surface area contributed by atoms with Gasteiger partial charge >= 0.3 is 6.16 Å². The van der Waals surface area contributed by atoms with Gasteiger partial charge in [0.25, 0.3) is 0 Å². The zero-order valence-electron chi connectivity index (χ0n) is 11.7. The minimum atomic E-state index is -1.83. The van der Waals surface area contributed by atoms with Gasteiger partial charge in [0.1, 0.15) is 0 Å². The second-order valence-corrected chi connectivity index (χ2v) is 4.75. The summed E-state index contributed by atoms with van der Waals surface area (Å²) < 4.78 is 5.50. The van der Waals surface area contributed by atoms with Crippen molar-refractivity contribution in [3.05, 3.63) is 11.8 Å². The van der Waals surface area contributed by atoms with Crippen LogP contribution in [0.1, 0.15) is 52.9 Å². The minimum Gasteiger partial charge on any atom is -0.501 e. The van der Waals surface area contributed by atoms with Crippen LogP contribution in [-0.2, 0) is 4.74 Å². The van der Waals surface area contributed by atoms with E-state index in [9.17, 15) is 0 Å². The van der Waals surface area contributed by atoms with Crippen molar-refractivity contribution in [2.45, 2.75) is 52.9 Å². The molecule has 2 atom stereocenters. The lowest BCUT2D eigenvalue weighted by atomic mass is 9.81. The molecule has 0 bridgehead atoms. The predicted octanol–water partition coefficient (Wildman–Crippen LogP) is 4.37. The van der Waals surface area contributed by atoms with Gasteiger partial charge in [-0.3, -0.25) is 0 Å². The van der Waals surface area contributed by atoms with E-state index in [0.29, 0.717) is 0 Å². The Morgan fingerprint density at radius 3 is 2.50 bits per heavy atom. The first-order valence-electron chi connectivity index (χ1n) is 6.73. The Labute approximate surface area is 110 Å². The van der Waals surface area contributed by atoms with Gasteiger partial charge in [-0.1, -0.05) is 33.1 Å². The highest BCUT2D eigenvalue weighted by Crippen LogP contribution is 2.31. The summed E-state index contributed by atoms with van der Waals surface area (Å²) in [5.41, 5.74) is 1.44. The fourth-order valence-corrected chi connectivity index (χ4v) is 2.47. The standard InChI is InChI=1S/C13H24O.CH2O3/c1-4-6-7-8-12-10-14-9-11(3)13(12)5-2;2-1(3)4/h9,12-13H,4-8,10H2,1-3H3;(H2,2,3,4). The highest BCUT2D eigenvalue weighted by molar-refractivity contribution is 5.53. The number of allylic oxidation sites excluding steroid dienone is 1. The molecule has 1 rings (SSSR count). The molecule has 2 N–H and O–H groups in total. The molecule has 1 heterocycles. The fourth-order valence-electron chi connectivity index (χ4n) is 2.47. The molecule has 0 spiro atoms. The Morgan fingerprint density at radius 2 is 2.00 bits per heavy atom. The largest absolute Gasteiger partial charge is 0.503 e. The minimum absolute atomic E-state index is 0.775. The lowest BCUT2D eigenvalue weighted by Gasteiger charge is -2.30. The van der Waals surface area contributed by atoms with Crippen LogP contribution in [0.3, 0.4) is 0 Å². The van der Waals surface area contributed by atoms with Gasteiger partial charge < -0.3 is 14.9 Å². The molecule has 0 saturated carbocycles. The van der Waals surface area contributed by atoms with Crippen molar-refractivity contribution < 1.29 is 19.7 Å². The van der Waals surface area contributed by atoms with Crippen molar-refractivity contribution in [3.8, 4) is 0 Å².